The minimum absolute atomic E-state index is 0.0690. The number of hydrogen-bond donors (Lipinski definition) is 1. The molecule has 0 saturated carbocycles. The molecule has 3 aromatic rings. The number of aromatic nitrogens is 2. The fourth-order valence-electron chi connectivity index (χ4n) is 2.19. The van der Waals surface area contributed by atoms with Crippen LogP contribution < -0.4 is 5.32 Å². The number of rotatable bonds is 3. The molecule has 0 fully saturated rings. The molecule has 5 heteroatoms. The van der Waals surface area contributed by atoms with Gasteiger partial charge >= 0.3 is 0 Å². The minimum atomic E-state index is -0.332. The second-order valence-electron chi connectivity index (χ2n) is 4.81. The Balaban J connectivity index is 1.82. The molecule has 0 radical (unpaired) electrons. The molecule has 0 bridgehead atoms. The first-order valence-electron chi connectivity index (χ1n) is 6.63. The molecule has 2 aromatic carbocycles. The van der Waals surface area contributed by atoms with E-state index >= 15 is 0 Å². The van der Waals surface area contributed by atoms with Gasteiger partial charge in [0, 0.05) is 10.2 Å². The Morgan fingerprint density at radius 1 is 1.19 bits per heavy atom. The predicted octanol–water partition coefficient (Wildman–Crippen LogP) is 4.00. The van der Waals surface area contributed by atoms with Crippen LogP contribution in [0.4, 0.5) is 5.69 Å². The maximum atomic E-state index is 12.4. The SMILES string of the molecule is CC(C(=O)Nc1ccc(Br)cc1)n1cnc2ccccc21. The number of nitrogens with one attached hydrogen (secondary N) is 1. The fourth-order valence-corrected chi connectivity index (χ4v) is 2.46. The van der Waals surface area contributed by atoms with Crippen LogP contribution in [-0.4, -0.2) is 15.5 Å². The second-order valence-corrected chi connectivity index (χ2v) is 5.73. The van der Waals surface area contributed by atoms with Crippen molar-refractivity contribution in [2.75, 3.05) is 5.32 Å². The molecule has 1 N–H and O–H groups in total. The van der Waals surface area contributed by atoms with Gasteiger partial charge in [-0.25, -0.2) is 4.98 Å². The molecule has 0 aliphatic rings. The van der Waals surface area contributed by atoms with Crippen molar-refractivity contribution >= 4 is 38.6 Å². The molecule has 0 aliphatic carbocycles. The molecule has 0 spiro atoms. The summed E-state index contributed by atoms with van der Waals surface area (Å²) in [6, 6.07) is 15.0. The molecule has 21 heavy (non-hydrogen) atoms. The molecule has 1 amide bonds. The molecule has 0 saturated heterocycles. The molecule has 0 aliphatic heterocycles. The van der Waals surface area contributed by atoms with E-state index in [4.69, 9.17) is 0 Å². The van der Waals surface area contributed by atoms with E-state index < -0.39 is 0 Å². The number of carbonyl (C=O) groups is 1. The summed E-state index contributed by atoms with van der Waals surface area (Å²) in [7, 11) is 0. The third-order valence-electron chi connectivity index (χ3n) is 3.39. The normalized spacial score (nSPS) is 12.3. The van der Waals surface area contributed by atoms with Crippen molar-refractivity contribution in [3.63, 3.8) is 0 Å². The number of carbonyl (C=O) groups excluding carboxylic acids is 1. The number of anilines is 1. The molecule has 1 unspecified atom stereocenters. The maximum Gasteiger partial charge on any atom is 0.247 e. The summed E-state index contributed by atoms with van der Waals surface area (Å²) < 4.78 is 2.86. The van der Waals surface area contributed by atoms with Crippen LogP contribution in [0.25, 0.3) is 11.0 Å². The van der Waals surface area contributed by atoms with Gasteiger partial charge in [0.1, 0.15) is 6.04 Å². The fraction of sp³-hybridized carbons (Fsp3) is 0.125. The maximum absolute atomic E-state index is 12.4. The lowest BCUT2D eigenvalue weighted by Gasteiger charge is -2.14. The van der Waals surface area contributed by atoms with Crippen molar-refractivity contribution in [2.24, 2.45) is 0 Å². The lowest BCUT2D eigenvalue weighted by Crippen LogP contribution is -2.23. The van der Waals surface area contributed by atoms with E-state index in [9.17, 15) is 4.79 Å². The highest BCUT2D eigenvalue weighted by Gasteiger charge is 2.17. The Morgan fingerprint density at radius 2 is 1.90 bits per heavy atom. The minimum Gasteiger partial charge on any atom is -0.324 e. The summed E-state index contributed by atoms with van der Waals surface area (Å²) in [6.07, 6.45) is 1.70. The molecule has 3 rings (SSSR count). The number of amides is 1. The van der Waals surface area contributed by atoms with E-state index in [1.54, 1.807) is 6.33 Å². The van der Waals surface area contributed by atoms with Crippen LogP contribution in [0.2, 0.25) is 0 Å². The first-order valence-corrected chi connectivity index (χ1v) is 7.42. The molecule has 106 valence electrons. The van der Waals surface area contributed by atoms with Gasteiger partial charge in [0.25, 0.3) is 0 Å². The Bertz CT molecular complexity index is 780. The van der Waals surface area contributed by atoms with Gasteiger partial charge in [-0.05, 0) is 43.3 Å². The van der Waals surface area contributed by atoms with Crippen molar-refractivity contribution in [2.45, 2.75) is 13.0 Å². The van der Waals surface area contributed by atoms with Gasteiger partial charge in [-0.15, -0.1) is 0 Å². The zero-order valence-corrected chi connectivity index (χ0v) is 13.0. The molecule has 4 nitrogen and oxygen atoms in total. The van der Waals surface area contributed by atoms with Crippen LogP contribution in [0.1, 0.15) is 13.0 Å². The quantitative estimate of drug-likeness (QED) is 0.781. The van der Waals surface area contributed by atoms with Crippen LogP contribution in [0.15, 0.2) is 59.3 Å². The summed E-state index contributed by atoms with van der Waals surface area (Å²) in [5.74, 6) is -0.0690. The van der Waals surface area contributed by atoms with Crippen molar-refractivity contribution in [3.8, 4) is 0 Å². The first-order chi connectivity index (χ1) is 10.1. The highest BCUT2D eigenvalue weighted by Crippen LogP contribution is 2.20. The van der Waals surface area contributed by atoms with E-state index in [1.165, 1.54) is 0 Å². The zero-order chi connectivity index (χ0) is 14.8. The number of halogens is 1. The van der Waals surface area contributed by atoms with Crippen LogP contribution in [-0.2, 0) is 4.79 Å². The highest BCUT2D eigenvalue weighted by molar-refractivity contribution is 9.10. The largest absolute Gasteiger partial charge is 0.324 e. The molecule has 1 aromatic heterocycles. The van der Waals surface area contributed by atoms with E-state index in [0.29, 0.717) is 0 Å². The van der Waals surface area contributed by atoms with Crippen molar-refractivity contribution in [3.05, 3.63) is 59.3 Å². The summed E-state index contributed by atoms with van der Waals surface area (Å²) in [5, 5.41) is 2.91. The summed E-state index contributed by atoms with van der Waals surface area (Å²) >= 11 is 3.37. The van der Waals surface area contributed by atoms with Crippen LogP contribution in [0.3, 0.4) is 0 Å². The lowest BCUT2D eigenvalue weighted by molar-refractivity contribution is -0.118. The summed E-state index contributed by atoms with van der Waals surface area (Å²) in [4.78, 5) is 16.7. The van der Waals surface area contributed by atoms with Gasteiger partial charge in [0.15, 0.2) is 0 Å². The van der Waals surface area contributed by atoms with Gasteiger partial charge < -0.3 is 9.88 Å². The van der Waals surface area contributed by atoms with Gasteiger partial charge in [0.2, 0.25) is 5.91 Å². The molecular formula is C16H14BrN3O. The Hall–Kier alpha value is -2.14. The van der Waals surface area contributed by atoms with Crippen LogP contribution in [0.5, 0.6) is 0 Å². The van der Waals surface area contributed by atoms with Gasteiger partial charge in [-0.1, -0.05) is 28.1 Å². The Labute approximate surface area is 130 Å². The number of para-hydroxylation sites is 2. The summed E-state index contributed by atoms with van der Waals surface area (Å²) in [5.41, 5.74) is 2.62. The Kier molecular flexibility index (Phi) is 3.75. The van der Waals surface area contributed by atoms with Gasteiger partial charge in [0.05, 0.1) is 17.4 Å². The third kappa shape index (κ3) is 2.83. The topological polar surface area (TPSA) is 46.9 Å². The monoisotopic (exact) mass is 343 g/mol. The van der Waals surface area contributed by atoms with Gasteiger partial charge in [-0.2, -0.15) is 0 Å². The lowest BCUT2D eigenvalue weighted by atomic mass is 10.2. The highest BCUT2D eigenvalue weighted by atomic mass is 79.9. The number of nitrogens with zero attached hydrogens (tertiary/aromatic N) is 2. The predicted molar refractivity (Wildman–Crippen MR) is 87.2 cm³/mol. The smallest absolute Gasteiger partial charge is 0.247 e. The van der Waals surface area contributed by atoms with E-state index in [2.05, 4.69) is 26.2 Å². The van der Waals surface area contributed by atoms with Crippen LogP contribution >= 0.6 is 15.9 Å². The third-order valence-corrected chi connectivity index (χ3v) is 3.92. The average molecular weight is 344 g/mol. The molecule has 1 atom stereocenters. The van der Waals surface area contributed by atoms with E-state index in [1.807, 2.05) is 60.0 Å². The van der Waals surface area contributed by atoms with E-state index in [0.717, 1.165) is 21.2 Å². The average Bonchev–Trinajstić information content (AvgIpc) is 2.92. The van der Waals surface area contributed by atoms with Crippen LogP contribution in [0, 0.1) is 0 Å². The van der Waals surface area contributed by atoms with Crippen molar-refractivity contribution in [1.82, 2.24) is 9.55 Å². The van der Waals surface area contributed by atoms with Gasteiger partial charge in [-0.3, -0.25) is 4.79 Å². The summed E-state index contributed by atoms with van der Waals surface area (Å²) in [6.45, 7) is 1.86. The Morgan fingerprint density at radius 3 is 2.67 bits per heavy atom. The standard InChI is InChI=1S/C16H14BrN3O/c1-11(16(21)19-13-8-6-12(17)7-9-13)20-10-18-14-4-2-3-5-15(14)20/h2-11H,1H3,(H,19,21). The number of imidazole rings is 1. The van der Waals surface area contributed by atoms with Crippen molar-refractivity contribution < 1.29 is 4.79 Å². The number of hydrogen-bond acceptors (Lipinski definition) is 2. The second kappa shape index (κ2) is 5.69. The first kappa shape index (κ1) is 13.8. The number of fused-ring (bicyclic) bond motifs is 1. The van der Waals surface area contributed by atoms with Crippen molar-refractivity contribution in [1.29, 1.82) is 0 Å². The van der Waals surface area contributed by atoms with E-state index in [-0.39, 0.29) is 11.9 Å². The number of benzene rings is 2. The zero-order valence-electron chi connectivity index (χ0n) is 11.5. The molecule has 1 heterocycles. The molecular weight excluding hydrogens is 330 g/mol.